The Labute approximate surface area is 170 Å². The molecule has 1 saturated heterocycles. The first-order valence-electron chi connectivity index (χ1n) is 8.92. The first-order chi connectivity index (χ1) is 13.8. The predicted molar refractivity (Wildman–Crippen MR) is 101 cm³/mol. The van der Waals surface area contributed by atoms with Gasteiger partial charge in [0.15, 0.2) is 18.1 Å². The summed E-state index contributed by atoms with van der Waals surface area (Å²) in [4.78, 5) is 21.0. The first kappa shape index (κ1) is 19.5. The van der Waals surface area contributed by atoms with E-state index < -0.39 is 18.2 Å². The minimum atomic E-state index is -1.38. The number of Topliss-reactive ketones (excluding diaryl/α,β-unsaturated/α-hetero) is 1. The van der Waals surface area contributed by atoms with Crippen LogP contribution in [0.15, 0.2) is 32.4 Å². The lowest BCUT2D eigenvalue weighted by molar-refractivity contribution is -0.113. The first-order valence-corrected chi connectivity index (χ1v) is 9.30. The molecular weight excluding hydrogens is 406 g/mol. The quantitative estimate of drug-likeness (QED) is 0.705. The van der Waals surface area contributed by atoms with E-state index in [9.17, 15) is 13.6 Å². The highest BCUT2D eigenvalue weighted by molar-refractivity contribution is 6.44. The Bertz CT molecular complexity index is 1020. The molecule has 4 rings (SSSR count). The number of hydrogen-bond donors (Lipinski definition) is 0. The molecule has 0 amide bonds. The Morgan fingerprint density at radius 3 is 2.83 bits per heavy atom. The summed E-state index contributed by atoms with van der Waals surface area (Å²) in [6, 6.07) is 2.75. The number of ether oxygens (including phenoxy) is 1. The number of ketones is 1. The molecule has 1 fully saturated rings. The van der Waals surface area contributed by atoms with Crippen molar-refractivity contribution >= 4 is 23.6 Å². The lowest BCUT2D eigenvalue weighted by atomic mass is 10.1. The van der Waals surface area contributed by atoms with Crippen LogP contribution in [0, 0.1) is 19.8 Å². The lowest BCUT2D eigenvalue weighted by Crippen LogP contribution is -2.29. The fourth-order valence-corrected chi connectivity index (χ4v) is 3.70. The van der Waals surface area contributed by atoms with Gasteiger partial charge in [-0.25, -0.2) is 4.39 Å². The number of dihydropyridines is 1. The molecule has 2 atom stereocenters. The van der Waals surface area contributed by atoms with Gasteiger partial charge in [-0.2, -0.15) is 9.37 Å². The maximum atomic E-state index is 14.6. The van der Waals surface area contributed by atoms with E-state index in [1.165, 1.54) is 18.3 Å². The van der Waals surface area contributed by atoms with Crippen molar-refractivity contribution in [3.8, 4) is 17.0 Å². The van der Waals surface area contributed by atoms with Crippen LogP contribution in [0.4, 0.5) is 8.78 Å². The zero-order valence-corrected chi connectivity index (χ0v) is 16.4. The number of carbonyl (C=O) groups excluding carboxylic acids is 1. The van der Waals surface area contributed by atoms with Gasteiger partial charge in [-0.1, -0.05) is 16.8 Å². The molecule has 0 unspecified atom stereocenters. The molecule has 0 aliphatic carbocycles. The van der Waals surface area contributed by atoms with Crippen molar-refractivity contribution in [3.63, 3.8) is 0 Å². The van der Waals surface area contributed by atoms with Gasteiger partial charge < -0.3 is 14.2 Å². The molecule has 29 heavy (non-hydrogen) atoms. The van der Waals surface area contributed by atoms with Crippen LogP contribution in [0.1, 0.15) is 11.5 Å². The third-order valence-electron chi connectivity index (χ3n) is 4.82. The number of rotatable bonds is 4. The van der Waals surface area contributed by atoms with Gasteiger partial charge in [0.1, 0.15) is 17.3 Å². The smallest absolute Gasteiger partial charge is 0.216 e. The van der Waals surface area contributed by atoms with E-state index in [1.807, 2.05) is 0 Å². The minimum absolute atomic E-state index is 0.0210. The van der Waals surface area contributed by atoms with E-state index in [2.05, 4.69) is 15.1 Å². The van der Waals surface area contributed by atoms with Gasteiger partial charge >= 0.3 is 0 Å². The number of halogens is 3. The molecular formula is C19H17ClF2N4O3. The SMILES string of the molecule is Cc1noc(C)c1-c1cc(F)nc(O[C@H]2CN(C3=C(Cl)C(=O)CN=C3)C[C@@H]2F)c1. The van der Waals surface area contributed by atoms with Gasteiger partial charge in [0.05, 0.1) is 24.5 Å². The van der Waals surface area contributed by atoms with Crippen LogP contribution in [-0.2, 0) is 4.79 Å². The fraction of sp³-hybridized carbons (Fsp3) is 0.368. The van der Waals surface area contributed by atoms with Crippen molar-refractivity contribution in [3.05, 3.63) is 40.3 Å². The average molecular weight is 423 g/mol. The molecule has 0 spiro atoms. The summed E-state index contributed by atoms with van der Waals surface area (Å²) in [7, 11) is 0. The molecule has 0 aromatic carbocycles. The van der Waals surface area contributed by atoms with Gasteiger partial charge in [0, 0.05) is 23.9 Å². The van der Waals surface area contributed by atoms with Crippen molar-refractivity contribution in [1.82, 2.24) is 15.0 Å². The number of alkyl halides is 1. The van der Waals surface area contributed by atoms with Crippen molar-refractivity contribution in [2.45, 2.75) is 26.1 Å². The molecule has 0 N–H and O–H groups in total. The van der Waals surface area contributed by atoms with Crippen molar-refractivity contribution in [2.75, 3.05) is 19.6 Å². The molecule has 7 nitrogen and oxygen atoms in total. The Hall–Kier alpha value is -2.81. The molecule has 0 bridgehead atoms. The molecule has 2 aromatic rings. The number of carbonyl (C=O) groups is 1. The molecule has 0 saturated carbocycles. The molecule has 2 aromatic heterocycles. The molecule has 10 heteroatoms. The molecule has 4 heterocycles. The van der Waals surface area contributed by atoms with Crippen molar-refractivity contribution < 1.29 is 22.8 Å². The van der Waals surface area contributed by atoms with E-state index in [1.54, 1.807) is 18.7 Å². The van der Waals surface area contributed by atoms with E-state index in [0.29, 0.717) is 28.3 Å². The Kier molecular flexibility index (Phi) is 5.08. The van der Waals surface area contributed by atoms with E-state index in [-0.39, 0.29) is 36.3 Å². The van der Waals surface area contributed by atoms with Gasteiger partial charge in [0.25, 0.3) is 0 Å². The second-order valence-corrected chi connectivity index (χ2v) is 7.26. The zero-order chi connectivity index (χ0) is 20.7. The number of likely N-dealkylation sites (tertiary alicyclic amines) is 1. The van der Waals surface area contributed by atoms with Crippen molar-refractivity contribution in [1.29, 1.82) is 0 Å². The fourth-order valence-electron chi connectivity index (χ4n) is 3.47. The van der Waals surface area contributed by atoms with Crippen LogP contribution in [0.3, 0.4) is 0 Å². The summed E-state index contributed by atoms with van der Waals surface area (Å²) < 4.78 is 39.5. The van der Waals surface area contributed by atoms with E-state index in [0.717, 1.165) is 0 Å². The Morgan fingerprint density at radius 2 is 2.10 bits per heavy atom. The van der Waals surface area contributed by atoms with Crippen LogP contribution in [0.5, 0.6) is 5.88 Å². The average Bonchev–Trinajstić information content (AvgIpc) is 3.19. The number of aromatic nitrogens is 2. The third kappa shape index (κ3) is 3.74. The maximum absolute atomic E-state index is 14.6. The summed E-state index contributed by atoms with van der Waals surface area (Å²) in [5.41, 5.74) is 2.07. The summed E-state index contributed by atoms with van der Waals surface area (Å²) in [6.07, 6.45) is -0.844. The molecule has 2 aliphatic heterocycles. The lowest BCUT2D eigenvalue weighted by Gasteiger charge is -2.21. The highest BCUT2D eigenvalue weighted by Crippen LogP contribution is 2.31. The van der Waals surface area contributed by atoms with E-state index >= 15 is 0 Å². The molecule has 0 radical (unpaired) electrons. The van der Waals surface area contributed by atoms with Gasteiger partial charge in [-0.05, 0) is 19.4 Å². The van der Waals surface area contributed by atoms with Crippen LogP contribution in [0.25, 0.3) is 11.1 Å². The minimum Gasteiger partial charge on any atom is -0.469 e. The van der Waals surface area contributed by atoms with Crippen LogP contribution in [0.2, 0.25) is 0 Å². The van der Waals surface area contributed by atoms with Crippen LogP contribution < -0.4 is 4.74 Å². The van der Waals surface area contributed by atoms with Crippen LogP contribution in [-0.4, -0.2) is 58.9 Å². The van der Waals surface area contributed by atoms with Gasteiger partial charge in [0.2, 0.25) is 11.8 Å². The number of pyridine rings is 1. The molecule has 2 aliphatic rings. The highest BCUT2D eigenvalue weighted by Gasteiger charge is 2.37. The summed E-state index contributed by atoms with van der Waals surface area (Å²) in [5, 5.41) is 3.88. The maximum Gasteiger partial charge on any atom is 0.216 e. The monoisotopic (exact) mass is 422 g/mol. The Balaban J connectivity index is 1.56. The number of aliphatic imine (C=N–C) groups is 1. The standard InChI is InChI=1S/C19H17ClF2N4O3/c1-9-18(10(2)29-25-9)11-3-16(22)24-17(4-11)28-15-8-26(7-12(15)21)13-5-23-6-14(27)19(13)20/h3-5,12,15H,6-8H2,1-2H3/t12-,15-/m0/s1. The molecule has 152 valence electrons. The number of allylic oxidation sites excluding steroid dienone is 1. The van der Waals surface area contributed by atoms with Gasteiger partial charge in [-0.3, -0.25) is 9.79 Å². The van der Waals surface area contributed by atoms with Crippen LogP contribution >= 0.6 is 11.6 Å². The zero-order valence-electron chi connectivity index (χ0n) is 15.7. The topological polar surface area (TPSA) is 80.8 Å². The normalized spacial score (nSPS) is 22.0. The third-order valence-corrected chi connectivity index (χ3v) is 5.23. The second-order valence-electron chi connectivity index (χ2n) is 6.89. The number of hydrogen-bond acceptors (Lipinski definition) is 7. The summed E-state index contributed by atoms with van der Waals surface area (Å²) >= 11 is 6.05. The van der Waals surface area contributed by atoms with Gasteiger partial charge in [-0.15, -0.1) is 0 Å². The van der Waals surface area contributed by atoms with E-state index in [4.69, 9.17) is 20.9 Å². The van der Waals surface area contributed by atoms with Crippen molar-refractivity contribution in [2.24, 2.45) is 4.99 Å². The second kappa shape index (κ2) is 7.55. The number of aryl methyl sites for hydroxylation is 2. The Morgan fingerprint density at radius 1 is 1.31 bits per heavy atom. The highest BCUT2D eigenvalue weighted by atomic mass is 35.5. The largest absolute Gasteiger partial charge is 0.469 e. The summed E-state index contributed by atoms with van der Waals surface area (Å²) in [6.45, 7) is 3.52. The number of nitrogens with zero attached hydrogens (tertiary/aromatic N) is 4. The summed E-state index contributed by atoms with van der Waals surface area (Å²) in [5.74, 6) is -0.612. The predicted octanol–water partition coefficient (Wildman–Crippen LogP) is 3.00.